The number of fused-ring (bicyclic) bond motifs is 3. The molecule has 1 heteroatoms. The van der Waals surface area contributed by atoms with Gasteiger partial charge >= 0.3 is 0 Å². The maximum atomic E-state index is 12.6. The molecular weight excluding hydrogens is 292 g/mol. The van der Waals surface area contributed by atoms with E-state index in [-0.39, 0.29) is 5.92 Å². The Kier molecular flexibility index (Phi) is 2.01. The van der Waals surface area contributed by atoms with Crippen molar-refractivity contribution in [3.63, 3.8) is 0 Å². The molecule has 0 aromatic carbocycles. The number of hydrogen-bond donors (Lipinski definition) is 0. The van der Waals surface area contributed by atoms with E-state index in [0.717, 1.165) is 24.7 Å². The molecule has 0 heterocycles. The first kappa shape index (κ1) is 12.9. The van der Waals surface area contributed by atoms with Gasteiger partial charge in [-0.15, -0.1) is 0 Å². The molecule has 8 bridgehead atoms. The topological polar surface area (TPSA) is 17.1 Å². The Morgan fingerprint density at radius 3 is 2.54 bits per heavy atom. The molecule has 3 unspecified atom stereocenters. The summed E-state index contributed by atoms with van der Waals surface area (Å²) in [5.41, 5.74) is 9.34. The van der Waals surface area contributed by atoms with Crippen LogP contribution in [0.1, 0.15) is 57.8 Å². The number of hydrogen-bond acceptors (Lipinski definition) is 1. The highest BCUT2D eigenvalue weighted by molar-refractivity contribution is 5.89. The van der Waals surface area contributed by atoms with E-state index in [4.69, 9.17) is 0 Å². The zero-order valence-corrected chi connectivity index (χ0v) is 14.2. The maximum Gasteiger partial charge on any atom is 0.144 e. The monoisotopic (exact) mass is 316 g/mol. The maximum absolute atomic E-state index is 12.6. The summed E-state index contributed by atoms with van der Waals surface area (Å²) in [6.45, 7) is 0. The minimum atomic E-state index is 0.0873. The van der Waals surface area contributed by atoms with E-state index in [0.29, 0.717) is 16.6 Å². The second-order valence-corrected chi connectivity index (χ2v) is 9.54. The summed E-state index contributed by atoms with van der Waals surface area (Å²) in [7, 11) is 0. The summed E-state index contributed by atoms with van der Waals surface area (Å²) in [6.07, 6.45) is 18.8. The average molecular weight is 316 g/mol. The van der Waals surface area contributed by atoms with Gasteiger partial charge < -0.3 is 0 Å². The molecule has 8 aliphatic rings. The fourth-order valence-electron chi connectivity index (χ4n) is 8.35. The Balaban J connectivity index is 1.64. The van der Waals surface area contributed by atoms with Gasteiger partial charge in [0.05, 0.1) is 5.92 Å². The fourth-order valence-corrected chi connectivity index (χ4v) is 8.35. The van der Waals surface area contributed by atoms with Crippen LogP contribution in [0.2, 0.25) is 0 Å². The molecule has 0 N–H and O–H groups in total. The number of rotatable bonds is 0. The smallest absolute Gasteiger partial charge is 0.144 e. The summed E-state index contributed by atoms with van der Waals surface area (Å²) >= 11 is 0. The van der Waals surface area contributed by atoms with Gasteiger partial charge in [-0.25, -0.2) is 0 Å². The molecule has 2 spiro atoms. The van der Waals surface area contributed by atoms with Gasteiger partial charge in [0.25, 0.3) is 0 Å². The van der Waals surface area contributed by atoms with Crippen LogP contribution in [0.15, 0.2) is 46.1 Å². The lowest BCUT2D eigenvalue weighted by molar-refractivity contribution is -0.121. The molecule has 2 fully saturated rings. The van der Waals surface area contributed by atoms with Crippen molar-refractivity contribution in [3.8, 4) is 0 Å². The van der Waals surface area contributed by atoms with Crippen molar-refractivity contribution in [2.24, 2.45) is 28.6 Å². The van der Waals surface area contributed by atoms with Crippen molar-refractivity contribution >= 4 is 5.78 Å². The van der Waals surface area contributed by atoms with E-state index in [2.05, 4.69) is 18.2 Å². The van der Waals surface area contributed by atoms with E-state index in [1.54, 1.807) is 11.1 Å². The first-order chi connectivity index (χ1) is 11.7. The molecule has 8 rings (SSSR count). The molecule has 0 saturated heterocycles. The minimum Gasteiger partial charge on any atom is -0.299 e. The Morgan fingerprint density at radius 2 is 1.67 bits per heavy atom. The van der Waals surface area contributed by atoms with Crippen molar-refractivity contribution in [3.05, 3.63) is 46.1 Å². The van der Waals surface area contributed by atoms with E-state index in [1.165, 1.54) is 50.5 Å². The molecule has 0 radical (unpaired) electrons. The molecule has 0 amide bonds. The van der Waals surface area contributed by atoms with Crippen molar-refractivity contribution in [1.82, 2.24) is 0 Å². The van der Waals surface area contributed by atoms with Gasteiger partial charge in [-0.3, -0.25) is 4.79 Å². The van der Waals surface area contributed by atoms with Gasteiger partial charge in [0.1, 0.15) is 5.78 Å². The predicted octanol–water partition coefficient (Wildman–Crippen LogP) is 5.06. The standard InChI is InChI=1S/C23H24O/c24-19-4-3-18-17-11-15(1-2-16(17)19)22-8-5-13(6-9-22)20-21(22)14-7-10-23(18,20)12-14/h1-2,11,13-14,16H,3-10,12H2. The van der Waals surface area contributed by atoms with Gasteiger partial charge in [0.15, 0.2) is 0 Å². The normalized spacial score (nSPS) is 49.6. The zero-order valence-electron chi connectivity index (χ0n) is 14.2. The van der Waals surface area contributed by atoms with Crippen LogP contribution >= 0.6 is 0 Å². The van der Waals surface area contributed by atoms with Crippen LogP contribution in [0, 0.1) is 28.6 Å². The minimum absolute atomic E-state index is 0.0873. The lowest BCUT2D eigenvalue weighted by atomic mass is 9.48. The lowest BCUT2D eigenvalue weighted by Gasteiger charge is -2.56. The van der Waals surface area contributed by atoms with E-state index < -0.39 is 0 Å². The van der Waals surface area contributed by atoms with Crippen LogP contribution in [0.4, 0.5) is 0 Å². The van der Waals surface area contributed by atoms with E-state index >= 15 is 0 Å². The van der Waals surface area contributed by atoms with Gasteiger partial charge in [0.2, 0.25) is 0 Å². The largest absolute Gasteiger partial charge is 0.299 e. The summed E-state index contributed by atoms with van der Waals surface area (Å²) in [5, 5.41) is 0. The molecule has 1 nitrogen and oxygen atoms in total. The van der Waals surface area contributed by atoms with Crippen LogP contribution in [-0.4, -0.2) is 5.78 Å². The average Bonchev–Trinajstić information content (AvgIpc) is 3.22. The van der Waals surface area contributed by atoms with Crippen LogP contribution < -0.4 is 0 Å². The SMILES string of the molecule is O=C1CCC2=C3C=C(C=CC13)C13CCC(CC1)C1=C3C3CCC21C3. The zero-order chi connectivity index (χ0) is 15.7. The summed E-state index contributed by atoms with van der Waals surface area (Å²) < 4.78 is 0. The van der Waals surface area contributed by atoms with Crippen molar-refractivity contribution in [2.75, 3.05) is 0 Å². The fraction of sp³-hybridized carbons (Fsp3) is 0.609. The number of Topliss-reactive ketones (excluding diaryl/α,β-unsaturated/α-hetero) is 1. The third kappa shape index (κ3) is 1.14. The predicted molar refractivity (Wildman–Crippen MR) is 93.2 cm³/mol. The van der Waals surface area contributed by atoms with Crippen molar-refractivity contribution in [2.45, 2.75) is 57.8 Å². The van der Waals surface area contributed by atoms with Crippen molar-refractivity contribution in [1.29, 1.82) is 0 Å². The first-order valence-electron chi connectivity index (χ1n) is 10.1. The van der Waals surface area contributed by atoms with Gasteiger partial charge in [-0.1, -0.05) is 34.9 Å². The molecule has 3 atom stereocenters. The van der Waals surface area contributed by atoms with Crippen LogP contribution in [0.25, 0.3) is 0 Å². The molecule has 2 saturated carbocycles. The second kappa shape index (κ2) is 3.74. The van der Waals surface area contributed by atoms with E-state index in [1.807, 2.05) is 11.1 Å². The summed E-state index contributed by atoms with van der Waals surface area (Å²) in [5.74, 6) is 2.29. The molecule has 24 heavy (non-hydrogen) atoms. The Hall–Kier alpha value is -1.37. The number of carbonyl (C=O) groups excluding carboxylic acids is 1. The number of ketones is 1. The molecule has 0 aliphatic heterocycles. The highest BCUT2D eigenvalue weighted by Gasteiger charge is 2.64. The molecule has 0 aromatic heterocycles. The molecule has 0 aromatic rings. The number of carbonyl (C=O) groups is 1. The first-order valence-corrected chi connectivity index (χ1v) is 10.1. The third-order valence-corrected chi connectivity index (χ3v) is 9.05. The van der Waals surface area contributed by atoms with Gasteiger partial charge in [0, 0.05) is 17.3 Å². The van der Waals surface area contributed by atoms with Crippen LogP contribution in [0.5, 0.6) is 0 Å². The number of allylic oxidation sites excluding steroid dienone is 8. The molecular formula is C23H24O. The lowest BCUT2D eigenvalue weighted by Crippen LogP contribution is -2.45. The van der Waals surface area contributed by atoms with Gasteiger partial charge in [-0.05, 0) is 74.3 Å². The van der Waals surface area contributed by atoms with Crippen LogP contribution in [0.3, 0.4) is 0 Å². The molecule has 8 aliphatic carbocycles. The van der Waals surface area contributed by atoms with Crippen LogP contribution in [-0.2, 0) is 4.79 Å². The Morgan fingerprint density at radius 1 is 0.917 bits per heavy atom. The Labute approximate surface area is 143 Å². The second-order valence-electron chi connectivity index (χ2n) is 9.54. The Bertz CT molecular complexity index is 839. The third-order valence-electron chi connectivity index (χ3n) is 9.05. The summed E-state index contributed by atoms with van der Waals surface area (Å²) in [6, 6.07) is 0. The van der Waals surface area contributed by atoms with E-state index in [9.17, 15) is 4.79 Å². The highest BCUT2D eigenvalue weighted by atomic mass is 16.1. The summed E-state index contributed by atoms with van der Waals surface area (Å²) in [4.78, 5) is 12.6. The van der Waals surface area contributed by atoms with Crippen molar-refractivity contribution < 1.29 is 4.79 Å². The van der Waals surface area contributed by atoms with Gasteiger partial charge in [-0.2, -0.15) is 0 Å². The quantitative estimate of drug-likeness (QED) is 0.571. The molecule has 122 valence electrons. The highest BCUT2D eigenvalue weighted by Crippen LogP contribution is 2.75.